The molecule has 10 aromatic rings. The maximum Gasteiger partial charge on any atom is 0.124 e. The van der Waals surface area contributed by atoms with Crippen molar-refractivity contribution in [3.05, 3.63) is 151 Å². The maximum absolute atomic E-state index is 9.77. The van der Waals surface area contributed by atoms with Crippen LogP contribution >= 0.6 is 22.7 Å². The van der Waals surface area contributed by atoms with E-state index in [-0.39, 0.29) is 0 Å². The van der Waals surface area contributed by atoms with Crippen LogP contribution in [0.1, 0.15) is 5.56 Å². The standard InChI is InChI=1S/C43H24N4S2/c44-25-29-9-6-13-33-31(11-7-12-32(29)33)26-8-5-10-30(22-26)47-38-20-18-27(42-45-36-14-1-3-16-40(36)48-42)23-34(38)35-24-28(19-21-39(35)47)43-46-37-15-2-4-17-41(37)49-43/h1-24H. The number of fused-ring (bicyclic) bond motifs is 6. The Morgan fingerprint density at radius 1 is 0.490 bits per heavy atom. The lowest BCUT2D eigenvalue weighted by molar-refractivity contribution is 1.18. The Hall–Kier alpha value is -6.13. The van der Waals surface area contributed by atoms with Crippen molar-refractivity contribution in [1.29, 1.82) is 5.26 Å². The lowest BCUT2D eigenvalue weighted by atomic mass is 9.95. The quantitative estimate of drug-likeness (QED) is 0.189. The van der Waals surface area contributed by atoms with Gasteiger partial charge in [-0.15, -0.1) is 22.7 Å². The van der Waals surface area contributed by atoms with Crippen LogP contribution in [0.15, 0.2) is 146 Å². The Labute approximate surface area is 289 Å². The van der Waals surface area contributed by atoms with Gasteiger partial charge in [0.05, 0.1) is 43.1 Å². The minimum atomic E-state index is 0.686. The smallest absolute Gasteiger partial charge is 0.124 e. The molecule has 0 radical (unpaired) electrons. The molecule has 0 amide bonds. The van der Waals surface area contributed by atoms with Gasteiger partial charge in [-0.2, -0.15) is 5.26 Å². The van der Waals surface area contributed by atoms with Crippen LogP contribution in [0.5, 0.6) is 0 Å². The fourth-order valence-corrected chi connectivity index (χ4v) is 8.95. The van der Waals surface area contributed by atoms with Gasteiger partial charge in [0.15, 0.2) is 0 Å². The molecule has 49 heavy (non-hydrogen) atoms. The summed E-state index contributed by atoms with van der Waals surface area (Å²) < 4.78 is 4.74. The van der Waals surface area contributed by atoms with Crippen molar-refractivity contribution in [3.63, 3.8) is 0 Å². The monoisotopic (exact) mass is 660 g/mol. The second-order valence-corrected chi connectivity index (χ2v) is 14.2. The summed E-state index contributed by atoms with van der Waals surface area (Å²) in [6.07, 6.45) is 0. The number of nitriles is 1. The van der Waals surface area contributed by atoms with E-state index in [1.807, 2.05) is 36.4 Å². The van der Waals surface area contributed by atoms with Crippen LogP contribution in [0, 0.1) is 11.3 Å². The van der Waals surface area contributed by atoms with Gasteiger partial charge in [0.1, 0.15) is 10.0 Å². The van der Waals surface area contributed by atoms with Crippen LogP contribution in [0.2, 0.25) is 0 Å². The topological polar surface area (TPSA) is 54.5 Å². The number of nitrogens with zero attached hydrogens (tertiary/aromatic N) is 4. The van der Waals surface area contributed by atoms with Gasteiger partial charge in [-0.25, -0.2) is 9.97 Å². The summed E-state index contributed by atoms with van der Waals surface area (Å²) in [5, 5.41) is 16.2. The number of benzene rings is 7. The largest absolute Gasteiger partial charge is 0.309 e. The van der Waals surface area contributed by atoms with Gasteiger partial charge in [0, 0.05) is 33.0 Å². The van der Waals surface area contributed by atoms with E-state index in [0.717, 1.165) is 70.8 Å². The van der Waals surface area contributed by atoms with Crippen molar-refractivity contribution in [2.45, 2.75) is 0 Å². The van der Waals surface area contributed by atoms with Gasteiger partial charge in [-0.1, -0.05) is 66.7 Å². The van der Waals surface area contributed by atoms with Crippen LogP contribution in [-0.4, -0.2) is 14.5 Å². The molecule has 10 rings (SSSR count). The molecule has 0 unspecified atom stereocenters. The van der Waals surface area contributed by atoms with E-state index >= 15 is 0 Å². The molecule has 0 aliphatic carbocycles. The summed E-state index contributed by atoms with van der Waals surface area (Å²) in [5.41, 5.74) is 10.5. The summed E-state index contributed by atoms with van der Waals surface area (Å²) in [5.74, 6) is 0. The Balaban J connectivity index is 1.20. The van der Waals surface area contributed by atoms with Crippen molar-refractivity contribution in [2.75, 3.05) is 0 Å². The lowest BCUT2D eigenvalue weighted by Gasteiger charge is -2.12. The third kappa shape index (κ3) is 4.48. The van der Waals surface area contributed by atoms with Crippen molar-refractivity contribution in [3.8, 4) is 44.0 Å². The predicted octanol–water partition coefficient (Wildman–Crippen LogP) is 12.0. The first-order valence-electron chi connectivity index (χ1n) is 16.0. The molecule has 0 atom stereocenters. The highest BCUT2D eigenvalue weighted by atomic mass is 32.1. The third-order valence-corrected chi connectivity index (χ3v) is 11.5. The highest BCUT2D eigenvalue weighted by Gasteiger charge is 2.18. The van der Waals surface area contributed by atoms with Gasteiger partial charge >= 0.3 is 0 Å². The number of aromatic nitrogens is 3. The minimum absolute atomic E-state index is 0.686. The summed E-state index contributed by atoms with van der Waals surface area (Å²) >= 11 is 3.45. The average molecular weight is 661 g/mol. The first kappa shape index (κ1) is 27.9. The number of rotatable bonds is 4. The zero-order valence-corrected chi connectivity index (χ0v) is 27.6. The summed E-state index contributed by atoms with van der Waals surface area (Å²) in [4.78, 5) is 9.98. The molecular weight excluding hydrogens is 637 g/mol. The Morgan fingerprint density at radius 2 is 1.08 bits per heavy atom. The Kier molecular flexibility index (Phi) is 6.25. The molecular formula is C43H24N4S2. The van der Waals surface area contributed by atoms with Gasteiger partial charge in [0.25, 0.3) is 0 Å². The molecule has 0 saturated heterocycles. The highest BCUT2D eigenvalue weighted by molar-refractivity contribution is 7.22. The first-order valence-corrected chi connectivity index (χ1v) is 17.7. The second kappa shape index (κ2) is 11.0. The molecule has 3 aromatic heterocycles. The van der Waals surface area contributed by atoms with E-state index in [2.05, 4.69) is 120 Å². The molecule has 0 saturated carbocycles. The van der Waals surface area contributed by atoms with E-state index in [1.54, 1.807) is 22.7 Å². The average Bonchev–Trinajstić information content (AvgIpc) is 3.88. The highest BCUT2D eigenvalue weighted by Crippen LogP contribution is 2.40. The van der Waals surface area contributed by atoms with E-state index < -0.39 is 0 Å². The number of thiazole rings is 2. The van der Waals surface area contributed by atoms with Crippen LogP contribution in [0.4, 0.5) is 0 Å². The van der Waals surface area contributed by atoms with Crippen molar-refractivity contribution >= 4 is 75.7 Å². The van der Waals surface area contributed by atoms with Crippen molar-refractivity contribution in [1.82, 2.24) is 14.5 Å². The van der Waals surface area contributed by atoms with E-state index in [1.165, 1.54) is 20.2 Å². The summed E-state index contributed by atoms with van der Waals surface area (Å²) in [6.45, 7) is 0. The van der Waals surface area contributed by atoms with E-state index in [0.29, 0.717) is 5.56 Å². The van der Waals surface area contributed by atoms with Gasteiger partial charge < -0.3 is 4.57 Å². The number of hydrogen-bond acceptors (Lipinski definition) is 5. The minimum Gasteiger partial charge on any atom is -0.309 e. The number of hydrogen-bond donors (Lipinski definition) is 0. The Morgan fingerprint density at radius 3 is 1.71 bits per heavy atom. The lowest BCUT2D eigenvalue weighted by Crippen LogP contribution is -1.95. The van der Waals surface area contributed by atoms with Crippen molar-refractivity contribution < 1.29 is 0 Å². The molecule has 3 heterocycles. The fourth-order valence-electron chi connectivity index (χ4n) is 7.03. The van der Waals surface area contributed by atoms with Gasteiger partial charge in [-0.05, 0) is 95.4 Å². The molecule has 4 nitrogen and oxygen atoms in total. The molecule has 0 aliphatic heterocycles. The molecule has 0 bridgehead atoms. The number of para-hydroxylation sites is 2. The molecule has 0 aliphatic rings. The van der Waals surface area contributed by atoms with Crippen LogP contribution in [0.3, 0.4) is 0 Å². The molecule has 0 spiro atoms. The third-order valence-electron chi connectivity index (χ3n) is 9.30. The summed E-state index contributed by atoms with van der Waals surface area (Å²) in [7, 11) is 0. The Bertz CT molecular complexity index is 2780. The molecule has 7 aromatic carbocycles. The zero-order chi connectivity index (χ0) is 32.5. The predicted molar refractivity (Wildman–Crippen MR) is 206 cm³/mol. The second-order valence-electron chi connectivity index (χ2n) is 12.1. The maximum atomic E-state index is 9.77. The van der Waals surface area contributed by atoms with Crippen LogP contribution in [0.25, 0.3) is 91.0 Å². The van der Waals surface area contributed by atoms with Gasteiger partial charge in [0.2, 0.25) is 0 Å². The summed E-state index contributed by atoms with van der Waals surface area (Å²) in [6, 6.07) is 53.3. The van der Waals surface area contributed by atoms with E-state index in [4.69, 9.17) is 9.97 Å². The van der Waals surface area contributed by atoms with Crippen LogP contribution < -0.4 is 0 Å². The van der Waals surface area contributed by atoms with E-state index in [9.17, 15) is 5.26 Å². The SMILES string of the molecule is N#Cc1cccc2c(-c3cccc(-n4c5ccc(-c6nc7ccccc7s6)cc5c5cc(-c6nc7ccccc7s6)ccc54)c3)cccc12. The first-order chi connectivity index (χ1) is 24.2. The molecule has 228 valence electrons. The molecule has 6 heteroatoms. The molecule has 0 fully saturated rings. The van der Waals surface area contributed by atoms with Gasteiger partial charge in [-0.3, -0.25) is 0 Å². The van der Waals surface area contributed by atoms with Crippen LogP contribution in [-0.2, 0) is 0 Å². The van der Waals surface area contributed by atoms with Crippen molar-refractivity contribution in [2.24, 2.45) is 0 Å². The fraction of sp³-hybridized carbons (Fsp3) is 0. The molecule has 0 N–H and O–H groups in total. The normalized spacial score (nSPS) is 11.7. The zero-order valence-electron chi connectivity index (χ0n) is 26.0.